The normalized spacial score (nSPS) is 11.4. The lowest BCUT2D eigenvalue weighted by Crippen LogP contribution is -2.38. The minimum atomic E-state index is -0.678. The van der Waals surface area contributed by atoms with Crippen molar-refractivity contribution in [1.82, 2.24) is 5.32 Å². The van der Waals surface area contributed by atoms with Crippen LogP contribution in [0.1, 0.15) is 19.4 Å². The average Bonchev–Trinajstić information content (AvgIpc) is 2.25. The van der Waals surface area contributed by atoms with Gasteiger partial charge in [-0.2, -0.15) is 0 Å². The number of hydrogen-bond acceptors (Lipinski definition) is 2. The van der Waals surface area contributed by atoms with Crippen molar-refractivity contribution in [3.8, 4) is 0 Å². The highest BCUT2D eigenvalue weighted by molar-refractivity contribution is 5.76. The number of benzene rings is 1. The largest absolute Gasteiger partial charge is 0.387 e. The Hall–Kier alpha value is -1.49. The van der Waals surface area contributed by atoms with Gasteiger partial charge in [-0.3, -0.25) is 4.79 Å². The molecule has 17 heavy (non-hydrogen) atoms. The molecule has 0 aliphatic carbocycles. The third kappa shape index (κ3) is 3.49. The van der Waals surface area contributed by atoms with Crippen LogP contribution in [0.2, 0.25) is 0 Å². The molecule has 0 saturated heterocycles. The van der Waals surface area contributed by atoms with Crippen LogP contribution in [0.15, 0.2) is 18.2 Å². The number of carbonyl (C=O) groups excluding carboxylic acids is 1. The minimum absolute atomic E-state index is 0.162. The molecule has 0 spiro atoms. The highest BCUT2D eigenvalue weighted by Crippen LogP contribution is 2.25. The topological polar surface area (TPSA) is 49.3 Å². The molecule has 0 aromatic heterocycles. The van der Waals surface area contributed by atoms with Gasteiger partial charge in [0.05, 0.1) is 0 Å². The molecule has 5 heteroatoms. The van der Waals surface area contributed by atoms with E-state index in [1.165, 1.54) is 12.1 Å². The molecule has 0 bridgehead atoms. The van der Waals surface area contributed by atoms with Crippen LogP contribution in [0.5, 0.6) is 0 Å². The van der Waals surface area contributed by atoms with Crippen molar-refractivity contribution in [1.29, 1.82) is 0 Å². The van der Waals surface area contributed by atoms with Crippen LogP contribution in [0.4, 0.5) is 8.78 Å². The third-order valence-electron chi connectivity index (χ3n) is 2.53. The van der Waals surface area contributed by atoms with Crippen molar-refractivity contribution in [2.75, 3.05) is 13.2 Å². The van der Waals surface area contributed by atoms with E-state index in [2.05, 4.69) is 5.32 Å². The summed E-state index contributed by atoms with van der Waals surface area (Å²) in [5.41, 5.74) is -0.361. The second-order valence-corrected chi connectivity index (χ2v) is 4.44. The van der Waals surface area contributed by atoms with Crippen LogP contribution >= 0.6 is 0 Å². The molecule has 0 unspecified atom stereocenters. The lowest BCUT2D eigenvalue weighted by Gasteiger charge is -2.26. The minimum Gasteiger partial charge on any atom is -0.387 e. The van der Waals surface area contributed by atoms with E-state index in [1.807, 2.05) is 0 Å². The molecule has 1 amide bonds. The zero-order valence-electron chi connectivity index (χ0n) is 9.76. The van der Waals surface area contributed by atoms with E-state index < -0.39 is 29.6 Å². The first-order valence-corrected chi connectivity index (χ1v) is 5.20. The fourth-order valence-corrected chi connectivity index (χ4v) is 1.51. The molecular weight excluding hydrogens is 228 g/mol. The zero-order chi connectivity index (χ0) is 13.1. The number of amides is 1. The number of nitrogens with one attached hydrogen (secondary N) is 1. The Morgan fingerprint density at radius 1 is 1.41 bits per heavy atom. The maximum absolute atomic E-state index is 13.6. The number of rotatable bonds is 4. The van der Waals surface area contributed by atoms with Crippen molar-refractivity contribution in [3.05, 3.63) is 35.4 Å². The Labute approximate surface area is 98.5 Å². The van der Waals surface area contributed by atoms with Crippen molar-refractivity contribution in [2.45, 2.75) is 19.3 Å². The summed E-state index contributed by atoms with van der Waals surface area (Å²) in [6.07, 6.45) is 0. The fourth-order valence-electron chi connectivity index (χ4n) is 1.51. The van der Waals surface area contributed by atoms with Crippen LogP contribution < -0.4 is 5.32 Å². The highest BCUT2D eigenvalue weighted by Gasteiger charge is 2.24. The zero-order valence-corrected chi connectivity index (χ0v) is 9.76. The maximum atomic E-state index is 13.6. The van der Waals surface area contributed by atoms with Crippen molar-refractivity contribution in [2.24, 2.45) is 0 Å². The van der Waals surface area contributed by atoms with Gasteiger partial charge in [0.25, 0.3) is 0 Å². The first-order valence-electron chi connectivity index (χ1n) is 5.20. The van der Waals surface area contributed by atoms with E-state index in [0.29, 0.717) is 5.56 Å². The molecule has 0 saturated carbocycles. The van der Waals surface area contributed by atoms with E-state index in [1.54, 1.807) is 13.8 Å². The summed E-state index contributed by atoms with van der Waals surface area (Å²) in [6.45, 7) is 3.00. The molecule has 0 aliphatic rings. The second kappa shape index (κ2) is 5.23. The van der Waals surface area contributed by atoms with Crippen molar-refractivity contribution < 1.29 is 18.7 Å². The molecular formula is C12H15F2NO2. The Balaban J connectivity index is 2.85. The van der Waals surface area contributed by atoms with Gasteiger partial charge in [0.2, 0.25) is 5.91 Å². The lowest BCUT2D eigenvalue weighted by molar-refractivity contribution is -0.124. The molecule has 0 radical (unpaired) electrons. The van der Waals surface area contributed by atoms with Crippen LogP contribution in [0.3, 0.4) is 0 Å². The average molecular weight is 243 g/mol. The van der Waals surface area contributed by atoms with Crippen molar-refractivity contribution >= 4 is 5.91 Å². The molecule has 0 atom stereocenters. The summed E-state index contributed by atoms with van der Waals surface area (Å²) in [5, 5.41) is 11.0. The van der Waals surface area contributed by atoms with Crippen LogP contribution in [0, 0.1) is 11.6 Å². The van der Waals surface area contributed by atoms with Gasteiger partial charge in [0.1, 0.15) is 18.2 Å². The molecule has 0 fully saturated rings. The van der Waals surface area contributed by atoms with E-state index >= 15 is 0 Å². The molecule has 1 rings (SSSR count). The molecule has 1 aromatic rings. The molecule has 3 nitrogen and oxygen atoms in total. The van der Waals surface area contributed by atoms with Crippen molar-refractivity contribution in [3.63, 3.8) is 0 Å². The van der Waals surface area contributed by atoms with Gasteiger partial charge in [0.15, 0.2) is 0 Å². The molecule has 1 aromatic carbocycles. The van der Waals surface area contributed by atoms with E-state index in [0.717, 1.165) is 6.07 Å². The first kappa shape index (κ1) is 13.6. The van der Waals surface area contributed by atoms with Gasteiger partial charge in [-0.1, -0.05) is 19.9 Å². The standard InChI is InChI=1S/C12H15F2NO2/c1-12(2,7-15-11(17)6-16)9-4-3-8(13)5-10(9)14/h3-5,16H,6-7H2,1-2H3,(H,15,17). The van der Waals surface area contributed by atoms with Crippen LogP contribution in [-0.4, -0.2) is 24.2 Å². The summed E-state index contributed by atoms with van der Waals surface area (Å²) in [5.74, 6) is -1.81. The Morgan fingerprint density at radius 3 is 2.59 bits per heavy atom. The quantitative estimate of drug-likeness (QED) is 0.838. The fraction of sp³-hybridized carbons (Fsp3) is 0.417. The Morgan fingerprint density at radius 2 is 2.06 bits per heavy atom. The second-order valence-electron chi connectivity index (χ2n) is 4.44. The predicted molar refractivity (Wildman–Crippen MR) is 59.5 cm³/mol. The van der Waals surface area contributed by atoms with Gasteiger partial charge in [0, 0.05) is 18.0 Å². The van der Waals surface area contributed by atoms with Crippen LogP contribution in [0.25, 0.3) is 0 Å². The summed E-state index contributed by atoms with van der Waals surface area (Å²) >= 11 is 0. The maximum Gasteiger partial charge on any atom is 0.245 e. The SMILES string of the molecule is CC(C)(CNC(=O)CO)c1ccc(F)cc1F. The smallest absolute Gasteiger partial charge is 0.245 e. The van der Waals surface area contributed by atoms with Gasteiger partial charge >= 0.3 is 0 Å². The van der Waals surface area contributed by atoms with E-state index in [9.17, 15) is 13.6 Å². The highest BCUT2D eigenvalue weighted by atomic mass is 19.1. The lowest BCUT2D eigenvalue weighted by atomic mass is 9.84. The van der Waals surface area contributed by atoms with Gasteiger partial charge in [-0.25, -0.2) is 8.78 Å². The van der Waals surface area contributed by atoms with Gasteiger partial charge in [-0.05, 0) is 11.6 Å². The van der Waals surface area contributed by atoms with Gasteiger partial charge < -0.3 is 10.4 Å². The number of hydrogen-bond donors (Lipinski definition) is 2. The molecule has 0 heterocycles. The summed E-state index contributed by atoms with van der Waals surface area (Å²) in [6, 6.07) is 3.34. The Kier molecular flexibility index (Phi) is 4.17. The van der Waals surface area contributed by atoms with Crippen LogP contribution in [-0.2, 0) is 10.2 Å². The number of carbonyl (C=O) groups is 1. The van der Waals surface area contributed by atoms with E-state index in [4.69, 9.17) is 5.11 Å². The number of aliphatic hydroxyl groups excluding tert-OH is 1. The third-order valence-corrected chi connectivity index (χ3v) is 2.53. The molecule has 0 aliphatic heterocycles. The predicted octanol–water partition coefficient (Wildman–Crippen LogP) is 1.35. The van der Waals surface area contributed by atoms with Gasteiger partial charge in [-0.15, -0.1) is 0 Å². The van der Waals surface area contributed by atoms with E-state index in [-0.39, 0.29) is 6.54 Å². The summed E-state index contributed by atoms with van der Waals surface area (Å²) in [7, 11) is 0. The Bertz CT molecular complexity index is 419. The molecule has 2 N–H and O–H groups in total. The summed E-state index contributed by atoms with van der Waals surface area (Å²) < 4.78 is 26.3. The summed E-state index contributed by atoms with van der Waals surface area (Å²) in [4.78, 5) is 10.9. The monoisotopic (exact) mass is 243 g/mol. The number of halogens is 2. The first-order chi connectivity index (χ1) is 7.86. The molecule has 94 valence electrons. The number of aliphatic hydroxyl groups is 1.